The van der Waals surface area contributed by atoms with Gasteiger partial charge in [0.05, 0.1) is 21.0 Å². The van der Waals surface area contributed by atoms with Crippen LogP contribution in [0.1, 0.15) is 23.0 Å². The molecule has 0 aliphatic rings. The van der Waals surface area contributed by atoms with Crippen molar-refractivity contribution in [2.24, 2.45) is 0 Å². The first-order valence-corrected chi connectivity index (χ1v) is 9.28. The minimum atomic E-state index is -4.50. The zero-order chi connectivity index (χ0) is 20.8. The summed E-state index contributed by atoms with van der Waals surface area (Å²) < 4.78 is 57.4. The number of carbonyl (C=O) groups excluding carboxylic acids is 2. The summed E-state index contributed by atoms with van der Waals surface area (Å²) in [5, 5.41) is 11.0. The number of hydrogen-bond acceptors (Lipinski definition) is 6. The van der Waals surface area contributed by atoms with E-state index in [1.165, 1.54) is 12.3 Å². The molecule has 0 atom stereocenters. The second-order valence-corrected chi connectivity index (χ2v) is 7.95. The molecule has 2 heterocycles. The van der Waals surface area contributed by atoms with E-state index in [0.29, 0.717) is 0 Å². The van der Waals surface area contributed by atoms with Crippen LogP contribution in [0.15, 0.2) is 27.8 Å². The molecule has 148 valence electrons. The van der Waals surface area contributed by atoms with E-state index in [1.807, 2.05) is 0 Å². The highest BCUT2D eigenvalue weighted by Gasteiger charge is 2.31. The molecule has 11 heteroatoms. The number of benzene rings is 1. The van der Waals surface area contributed by atoms with Crippen LogP contribution in [0.2, 0.25) is 0 Å². The molecule has 0 fully saturated rings. The van der Waals surface area contributed by atoms with Gasteiger partial charge in [0, 0.05) is 23.8 Å². The number of aromatic hydroxyl groups is 1. The molecular weight excluding hydrogens is 422 g/mol. The molecule has 1 N–H and O–H groups in total. The smallest absolute Gasteiger partial charge is 0.447 e. The normalized spacial score (nSPS) is 11.8. The van der Waals surface area contributed by atoms with E-state index >= 15 is 0 Å². The van der Waals surface area contributed by atoms with Crippen LogP contribution in [-0.4, -0.2) is 27.1 Å². The van der Waals surface area contributed by atoms with Gasteiger partial charge < -0.3 is 9.84 Å². The van der Waals surface area contributed by atoms with E-state index in [-0.39, 0.29) is 43.9 Å². The molecule has 0 aliphatic heterocycles. The summed E-state index contributed by atoms with van der Waals surface area (Å²) in [6, 6.07) is 2.98. The molecule has 28 heavy (non-hydrogen) atoms. The first-order valence-electron chi connectivity index (χ1n) is 7.59. The van der Waals surface area contributed by atoms with Crippen molar-refractivity contribution >= 4 is 45.9 Å². The molecule has 0 radical (unpaired) electrons. The van der Waals surface area contributed by atoms with Gasteiger partial charge in [-0.25, -0.2) is 4.39 Å². The molecule has 0 spiro atoms. The number of rotatable bonds is 3. The Morgan fingerprint density at radius 3 is 2.54 bits per heavy atom. The topological polar surface area (TPSA) is 68.5 Å². The fourth-order valence-corrected chi connectivity index (χ4v) is 4.30. The largest absolute Gasteiger partial charge is 0.505 e. The van der Waals surface area contributed by atoms with Gasteiger partial charge in [-0.3, -0.25) is 14.2 Å². The predicted octanol–water partition coefficient (Wildman–Crippen LogP) is 5.08. The van der Waals surface area contributed by atoms with Crippen molar-refractivity contribution < 1.29 is 37.0 Å². The Kier molecular flexibility index (Phi) is 5.15. The number of nitrogens with zero attached hydrogens (tertiary/aromatic N) is 1. The van der Waals surface area contributed by atoms with Gasteiger partial charge in [-0.1, -0.05) is 0 Å². The van der Waals surface area contributed by atoms with Gasteiger partial charge in [-0.15, -0.1) is 11.3 Å². The Morgan fingerprint density at radius 1 is 1.25 bits per heavy atom. The van der Waals surface area contributed by atoms with Crippen LogP contribution in [0.4, 0.5) is 17.6 Å². The summed E-state index contributed by atoms with van der Waals surface area (Å²) in [4.78, 5) is 24.3. The molecule has 1 aromatic carbocycles. The summed E-state index contributed by atoms with van der Waals surface area (Å²) in [5.41, 5.74) is -4.40. The maximum absolute atomic E-state index is 13.9. The standard InChI is InChI=1S/C17H11F4NO4S2/c1-7-15(26-8(2)23)10-4-13(24)11(18)5-12(10)22(7)16(25)9-3-14(27-6-9)28-17(19,20)21/h3-6,24H,1-2H3. The minimum Gasteiger partial charge on any atom is -0.505 e. The van der Waals surface area contributed by atoms with Crippen molar-refractivity contribution in [2.45, 2.75) is 23.6 Å². The highest BCUT2D eigenvalue weighted by molar-refractivity contribution is 8.01. The van der Waals surface area contributed by atoms with Crippen LogP contribution >= 0.6 is 23.1 Å². The zero-order valence-electron chi connectivity index (χ0n) is 14.3. The average Bonchev–Trinajstić information content (AvgIpc) is 3.10. The molecule has 0 aliphatic carbocycles. The number of thioether (sulfide) groups is 1. The molecule has 3 rings (SSSR count). The number of fused-ring (bicyclic) bond motifs is 1. The number of phenols is 1. The van der Waals surface area contributed by atoms with Crippen LogP contribution in [0.3, 0.4) is 0 Å². The van der Waals surface area contributed by atoms with Gasteiger partial charge in [0.1, 0.15) is 0 Å². The van der Waals surface area contributed by atoms with Crippen molar-refractivity contribution in [3.05, 3.63) is 40.7 Å². The highest BCUT2D eigenvalue weighted by Crippen LogP contribution is 2.41. The summed E-state index contributed by atoms with van der Waals surface area (Å²) >= 11 is 0.398. The lowest BCUT2D eigenvalue weighted by Crippen LogP contribution is -2.13. The van der Waals surface area contributed by atoms with Crippen LogP contribution in [0.5, 0.6) is 11.5 Å². The minimum absolute atomic E-state index is 0.00488. The third-order valence-electron chi connectivity index (χ3n) is 3.70. The van der Waals surface area contributed by atoms with Crippen LogP contribution in [0, 0.1) is 12.7 Å². The molecular formula is C17H11F4NO4S2. The van der Waals surface area contributed by atoms with Crippen molar-refractivity contribution in [1.29, 1.82) is 0 Å². The summed E-state index contributed by atoms with van der Waals surface area (Å²) in [6.45, 7) is 2.57. The third-order valence-corrected chi connectivity index (χ3v) is 5.51. The quantitative estimate of drug-likeness (QED) is 0.354. The van der Waals surface area contributed by atoms with Crippen molar-refractivity contribution in [3.63, 3.8) is 0 Å². The molecule has 0 saturated heterocycles. The molecule has 5 nitrogen and oxygen atoms in total. The van der Waals surface area contributed by atoms with Gasteiger partial charge in [0.25, 0.3) is 5.91 Å². The molecule has 0 bridgehead atoms. The number of phenolic OH excluding ortho intramolecular Hbond substituents is 1. The molecule has 2 aromatic heterocycles. The van der Waals surface area contributed by atoms with Crippen LogP contribution in [-0.2, 0) is 4.79 Å². The second-order valence-electron chi connectivity index (χ2n) is 5.67. The van der Waals surface area contributed by atoms with Gasteiger partial charge in [-0.05, 0) is 30.8 Å². The van der Waals surface area contributed by atoms with E-state index in [0.717, 1.165) is 41.0 Å². The Balaban J connectivity index is 2.14. The fourth-order valence-electron chi connectivity index (χ4n) is 2.65. The van der Waals surface area contributed by atoms with Gasteiger partial charge in [-0.2, -0.15) is 13.2 Å². The number of ether oxygens (including phenoxy) is 1. The van der Waals surface area contributed by atoms with Crippen LogP contribution in [0.25, 0.3) is 10.9 Å². The number of esters is 1. The molecule has 0 unspecified atom stereocenters. The Labute approximate surface area is 163 Å². The Bertz CT molecular complexity index is 1100. The van der Waals surface area contributed by atoms with Crippen molar-refractivity contribution in [2.75, 3.05) is 0 Å². The van der Waals surface area contributed by atoms with Gasteiger partial charge in [0.2, 0.25) is 0 Å². The molecule has 0 saturated carbocycles. The number of aromatic nitrogens is 1. The number of hydrogen-bond donors (Lipinski definition) is 1. The van der Waals surface area contributed by atoms with E-state index in [9.17, 15) is 32.3 Å². The number of thiophene rings is 1. The van der Waals surface area contributed by atoms with E-state index < -0.39 is 29.0 Å². The number of carbonyl (C=O) groups is 2. The predicted molar refractivity (Wildman–Crippen MR) is 95.6 cm³/mol. The third kappa shape index (κ3) is 3.85. The number of alkyl halides is 3. The lowest BCUT2D eigenvalue weighted by atomic mass is 10.2. The van der Waals surface area contributed by atoms with Crippen LogP contribution < -0.4 is 4.74 Å². The summed E-state index contributed by atoms with van der Waals surface area (Å²) in [5.74, 6) is -3.18. The maximum Gasteiger partial charge on any atom is 0.447 e. The van der Waals surface area contributed by atoms with E-state index in [2.05, 4.69) is 0 Å². The van der Waals surface area contributed by atoms with Gasteiger partial charge >= 0.3 is 11.5 Å². The SMILES string of the molecule is CC(=O)Oc1c(C)n(C(=O)c2csc(SC(F)(F)F)c2)c2cc(F)c(O)cc12. The Morgan fingerprint density at radius 2 is 1.93 bits per heavy atom. The average molecular weight is 433 g/mol. The first kappa shape index (κ1) is 20.2. The highest BCUT2D eigenvalue weighted by atomic mass is 32.2. The Hall–Kier alpha value is -2.53. The zero-order valence-corrected chi connectivity index (χ0v) is 15.9. The number of halogens is 4. The lowest BCUT2D eigenvalue weighted by Gasteiger charge is -2.06. The van der Waals surface area contributed by atoms with Crippen molar-refractivity contribution in [1.82, 2.24) is 4.57 Å². The van der Waals surface area contributed by atoms with E-state index in [1.54, 1.807) is 0 Å². The van der Waals surface area contributed by atoms with E-state index in [4.69, 9.17) is 4.74 Å². The molecule has 3 aromatic rings. The van der Waals surface area contributed by atoms with Crippen molar-refractivity contribution in [3.8, 4) is 11.5 Å². The summed E-state index contributed by atoms with van der Waals surface area (Å²) in [7, 11) is 0. The molecule has 0 amide bonds. The lowest BCUT2D eigenvalue weighted by molar-refractivity contribution is -0.131. The fraction of sp³-hybridized carbons (Fsp3) is 0.176. The first-order chi connectivity index (χ1) is 13.0. The van der Waals surface area contributed by atoms with Gasteiger partial charge in [0.15, 0.2) is 17.3 Å². The second kappa shape index (κ2) is 7.13. The summed E-state index contributed by atoms with van der Waals surface area (Å²) in [6.07, 6.45) is 0. The monoisotopic (exact) mass is 433 g/mol. The maximum atomic E-state index is 13.9.